The molecule has 6 heteroatoms. The number of hydrogen-bond donors (Lipinski definition) is 1. The van der Waals surface area contributed by atoms with Crippen molar-refractivity contribution in [3.63, 3.8) is 0 Å². The van der Waals surface area contributed by atoms with Gasteiger partial charge in [-0.3, -0.25) is 4.79 Å². The summed E-state index contributed by atoms with van der Waals surface area (Å²) in [7, 11) is 2.22. The number of ether oxygens (including phenoxy) is 1. The Labute approximate surface area is 405 Å². The molecular formula is C59H111N3O3. The van der Waals surface area contributed by atoms with Crippen molar-refractivity contribution in [2.24, 2.45) is 0 Å². The van der Waals surface area contributed by atoms with Crippen LogP contribution in [-0.4, -0.2) is 97.4 Å². The van der Waals surface area contributed by atoms with Gasteiger partial charge in [-0.2, -0.15) is 0 Å². The third-order valence-corrected chi connectivity index (χ3v) is 13.5. The number of allylic oxidation sites excluding steroid dienone is 8. The van der Waals surface area contributed by atoms with Gasteiger partial charge in [0, 0.05) is 39.3 Å². The van der Waals surface area contributed by atoms with Crippen LogP contribution in [0.3, 0.4) is 0 Å². The lowest BCUT2D eigenvalue weighted by Gasteiger charge is -2.32. The van der Waals surface area contributed by atoms with Crippen LogP contribution in [0, 0.1) is 0 Å². The van der Waals surface area contributed by atoms with Gasteiger partial charge in [-0.25, -0.2) is 0 Å². The second kappa shape index (κ2) is 48.7. The van der Waals surface area contributed by atoms with Gasteiger partial charge in [0.25, 0.3) is 0 Å². The Kier molecular flexibility index (Phi) is 45.9. The standard InChI is InChI=1S/C59H111N3O3/c1-5-8-11-14-17-20-22-24-26-28-30-32-35-38-41-46-58(47-42-39-36-33-31-29-27-25-23-21-18-15-12-9-6-2)65-59(64)48-51-62(50-44-43-49-61-54-52-60(4)53-55-61)56-57(63)45-40-37-34-19-16-13-10-7-3/h17-18,20-21,24-27,57-58,63H,5-16,19,22-23,28-56H2,1-4H3/b20-17-,21-18-,26-24-,27-25-. The molecule has 1 N–H and O–H groups in total. The third kappa shape index (κ3) is 43.3. The highest BCUT2D eigenvalue weighted by Gasteiger charge is 2.18. The summed E-state index contributed by atoms with van der Waals surface area (Å²) >= 11 is 0. The molecule has 1 rings (SSSR count). The van der Waals surface area contributed by atoms with Crippen LogP contribution in [-0.2, 0) is 9.53 Å². The molecule has 1 unspecified atom stereocenters. The van der Waals surface area contributed by atoms with Crippen LogP contribution < -0.4 is 0 Å². The third-order valence-electron chi connectivity index (χ3n) is 13.5. The number of aliphatic hydroxyl groups excluding tert-OH is 1. The summed E-state index contributed by atoms with van der Waals surface area (Å²) in [6.45, 7) is 14.9. The highest BCUT2D eigenvalue weighted by molar-refractivity contribution is 5.69. The first-order chi connectivity index (χ1) is 32.0. The number of hydrogen-bond acceptors (Lipinski definition) is 6. The summed E-state index contributed by atoms with van der Waals surface area (Å²) < 4.78 is 6.32. The molecule has 0 aromatic carbocycles. The molecule has 1 aliphatic heterocycles. The number of rotatable bonds is 48. The molecule has 6 nitrogen and oxygen atoms in total. The zero-order valence-electron chi connectivity index (χ0n) is 44.0. The van der Waals surface area contributed by atoms with Crippen molar-refractivity contribution in [3.8, 4) is 0 Å². The van der Waals surface area contributed by atoms with E-state index >= 15 is 0 Å². The van der Waals surface area contributed by atoms with Crippen molar-refractivity contribution in [1.29, 1.82) is 0 Å². The van der Waals surface area contributed by atoms with Crippen molar-refractivity contribution >= 4 is 5.97 Å². The highest BCUT2D eigenvalue weighted by atomic mass is 16.5. The van der Waals surface area contributed by atoms with E-state index in [2.05, 4.69) is 91.1 Å². The van der Waals surface area contributed by atoms with E-state index in [4.69, 9.17) is 4.74 Å². The monoisotopic (exact) mass is 910 g/mol. The molecule has 0 aromatic heterocycles. The predicted molar refractivity (Wildman–Crippen MR) is 286 cm³/mol. The summed E-state index contributed by atoms with van der Waals surface area (Å²) in [5, 5.41) is 11.1. The Morgan fingerprint density at radius 2 is 0.923 bits per heavy atom. The molecule has 0 aliphatic carbocycles. The number of piperazine rings is 1. The number of likely N-dealkylation sites (N-methyl/N-ethyl adjacent to an activating group) is 1. The van der Waals surface area contributed by atoms with Gasteiger partial charge in [0.1, 0.15) is 6.10 Å². The normalized spacial score (nSPS) is 14.8. The molecule has 1 atom stereocenters. The Hall–Kier alpha value is -1.73. The Morgan fingerprint density at radius 1 is 0.508 bits per heavy atom. The zero-order valence-corrected chi connectivity index (χ0v) is 44.0. The molecule has 0 spiro atoms. The summed E-state index contributed by atoms with van der Waals surface area (Å²) in [5.41, 5.74) is 0. The fourth-order valence-corrected chi connectivity index (χ4v) is 9.06. The van der Waals surface area contributed by atoms with Crippen molar-refractivity contribution in [1.82, 2.24) is 14.7 Å². The second-order valence-corrected chi connectivity index (χ2v) is 20.0. The zero-order chi connectivity index (χ0) is 46.9. The van der Waals surface area contributed by atoms with Crippen LogP contribution in [0.2, 0.25) is 0 Å². The average molecular weight is 911 g/mol. The van der Waals surface area contributed by atoms with Crippen molar-refractivity contribution in [2.45, 2.75) is 264 Å². The van der Waals surface area contributed by atoms with Crippen LogP contribution in [0.25, 0.3) is 0 Å². The van der Waals surface area contributed by atoms with Gasteiger partial charge < -0.3 is 24.5 Å². The summed E-state index contributed by atoms with van der Waals surface area (Å²) in [6, 6.07) is 0. The van der Waals surface area contributed by atoms with Crippen LogP contribution in [0.5, 0.6) is 0 Å². The molecular weight excluding hydrogens is 799 g/mol. The van der Waals surface area contributed by atoms with Crippen molar-refractivity contribution in [2.75, 3.05) is 59.4 Å². The SMILES string of the molecule is CCCCC/C=C\C/C=C\CCCCCCCC(CCCCCCC/C=C\C/C=C\CCCCC)OC(=O)CCN(CCCCN1CCN(C)CC1)CC(O)CCCCCCCCCC. The molecule has 0 radical (unpaired) electrons. The van der Waals surface area contributed by atoms with E-state index in [1.54, 1.807) is 0 Å². The molecule has 1 heterocycles. The lowest BCUT2D eigenvalue weighted by molar-refractivity contribution is -0.150. The molecule has 1 aliphatic rings. The molecule has 0 aromatic rings. The number of aliphatic hydroxyl groups is 1. The maximum Gasteiger partial charge on any atom is 0.307 e. The van der Waals surface area contributed by atoms with Gasteiger partial charge in [0.15, 0.2) is 0 Å². The molecule has 0 saturated carbocycles. The van der Waals surface area contributed by atoms with Gasteiger partial charge in [-0.05, 0) is 129 Å². The maximum absolute atomic E-state index is 13.5. The van der Waals surface area contributed by atoms with Gasteiger partial charge in [-0.1, -0.05) is 185 Å². The molecule has 65 heavy (non-hydrogen) atoms. The van der Waals surface area contributed by atoms with Crippen LogP contribution >= 0.6 is 0 Å². The van der Waals surface area contributed by atoms with Gasteiger partial charge in [0.2, 0.25) is 0 Å². The smallest absolute Gasteiger partial charge is 0.307 e. The second-order valence-electron chi connectivity index (χ2n) is 20.0. The number of carbonyl (C=O) groups excluding carboxylic acids is 1. The van der Waals surface area contributed by atoms with E-state index in [0.717, 1.165) is 97.1 Å². The quantitative estimate of drug-likeness (QED) is 0.0373. The van der Waals surface area contributed by atoms with Crippen LogP contribution in [0.1, 0.15) is 252 Å². The number of nitrogens with zero attached hydrogens (tertiary/aromatic N) is 3. The Morgan fingerprint density at radius 3 is 1.42 bits per heavy atom. The summed E-state index contributed by atoms with van der Waals surface area (Å²) in [6.07, 6.45) is 61.4. The lowest BCUT2D eigenvalue weighted by atomic mass is 10.0. The van der Waals surface area contributed by atoms with Gasteiger partial charge >= 0.3 is 5.97 Å². The van der Waals surface area contributed by atoms with E-state index in [0.29, 0.717) is 19.5 Å². The number of esters is 1. The summed E-state index contributed by atoms with van der Waals surface area (Å²) in [4.78, 5) is 20.9. The van der Waals surface area contributed by atoms with E-state index in [1.807, 2.05) is 0 Å². The summed E-state index contributed by atoms with van der Waals surface area (Å²) in [5.74, 6) is -0.0415. The fraction of sp³-hybridized carbons (Fsp3) is 0.847. The lowest BCUT2D eigenvalue weighted by Crippen LogP contribution is -2.44. The van der Waals surface area contributed by atoms with E-state index in [-0.39, 0.29) is 18.2 Å². The van der Waals surface area contributed by atoms with Crippen molar-refractivity contribution < 1.29 is 14.6 Å². The van der Waals surface area contributed by atoms with E-state index < -0.39 is 0 Å². The largest absolute Gasteiger partial charge is 0.462 e. The topological polar surface area (TPSA) is 56.2 Å². The number of unbranched alkanes of at least 4 members (excludes halogenated alkanes) is 24. The molecule has 0 amide bonds. The highest BCUT2D eigenvalue weighted by Crippen LogP contribution is 2.19. The van der Waals surface area contributed by atoms with Crippen molar-refractivity contribution in [3.05, 3.63) is 48.6 Å². The molecule has 1 saturated heterocycles. The van der Waals surface area contributed by atoms with E-state index in [9.17, 15) is 9.90 Å². The first kappa shape index (κ1) is 61.3. The number of carbonyl (C=O) groups is 1. The fourth-order valence-electron chi connectivity index (χ4n) is 9.06. The molecule has 0 bridgehead atoms. The maximum atomic E-state index is 13.5. The first-order valence-corrected chi connectivity index (χ1v) is 28.6. The van der Waals surface area contributed by atoms with E-state index in [1.165, 1.54) is 167 Å². The Balaban J connectivity index is 2.59. The predicted octanol–water partition coefficient (Wildman–Crippen LogP) is 16.1. The van der Waals surface area contributed by atoms with Crippen LogP contribution in [0.4, 0.5) is 0 Å². The van der Waals surface area contributed by atoms with Gasteiger partial charge in [0.05, 0.1) is 12.5 Å². The Bertz CT molecular complexity index is 1070. The first-order valence-electron chi connectivity index (χ1n) is 28.6. The molecule has 380 valence electrons. The minimum atomic E-state index is -0.326. The minimum Gasteiger partial charge on any atom is -0.462 e. The molecule has 1 fully saturated rings. The average Bonchev–Trinajstić information content (AvgIpc) is 3.30. The van der Waals surface area contributed by atoms with Crippen LogP contribution in [0.15, 0.2) is 48.6 Å². The minimum absolute atomic E-state index is 0.0306. The van der Waals surface area contributed by atoms with Gasteiger partial charge in [-0.15, -0.1) is 0 Å².